The molecule has 44 heavy (non-hydrogen) atoms. The number of hydrogen-bond acceptors (Lipinski definition) is 7. The van der Waals surface area contributed by atoms with Crippen molar-refractivity contribution in [2.45, 2.75) is 90.2 Å². The molecule has 0 saturated carbocycles. The molecule has 0 unspecified atom stereocenters. The lowest BCUT2D eigenvalue weighted by Crippen LogP contribution is -2.48. The third-order valence-electron chi connectivity index (χ3n) is 7.39. The Bertz CT molecular complexity index is 1520. The summed E-state index contributed by atoms with van der Waals surface area (Å²) in [6.07, 6.45) is -4.23. The first-order valence-corrected chi connectivity index (χ1v) is 16.3. The molecule has 1 heterocycles. The summed E-state index contributed by atoms with van der Waals surface area (Å²) in [5.74, 6) is -1.09. The van der Waals surface area contributed by atoms with Crippen LogP contribution in [-0.2, 0) is 33.8 Å². The maximum absolute atomic E-state index is 14.3. The van der Waals surface area contributed by atoms with Gasteiger partial charge in [0.1, 0.15) is 5.60 Å². The Morgan fingerprint density at radius 2 is 1.77 bits per heavy atom. The molecule has 3 rings (SSSR count). The molecule has 0 aromatic heterocycles. The number of nitrogen functional groups attached to an aromatic ring is 1. The SMILES string of the molecule is CCS(=O)(=O)c1cc(C)c(C)cc1CNC(=O)c1cc(C(F)(F)F)c(CN2CCC[C@@H](NC(=O)OC(C)(C)C)C2)c(Cl)c1N. The van der Waals surface area contributed by atoms with Crippen molar-refractivity contribution in [3.63, 3.8) is 0 Å². The molecule has 1 aliphatic heterocycles. The molecule has 2 aromatic rings. The fraction of sp³-hybridized carbons (Fsp3) is 0.533. The van der Waals surface area contributed by atoms with E-state index in [1.807, 2.05) is 0 Å². The quantitative estimate of drug-likeness (QED) is 0.307. The fourth-order valence-electron chi connectivity index (χ4n) is 5.02. The van der Waals surface area contributed by atoms with Crippen molar-refractivity contribution in [3.05, 3.63) is 56.6 Å². The number of carbonyl (C=O) groups excluding carboxylic acids is 2. The first kappa shape index (κ1) is 35.4. The number of benzene rings is 2. The van der Waals surface area contributed by atoms with E-state index >= 15 is 0 Å². The molecule has 1 aliphatic rings. The normalized spacial score (nSPS) is 16.5. The topological polar surface area (TPSA) is 131 Å². The van der Waals surface area contributed by atoms with E-state index in [4.69, 9.17) is 22.1 Å². The maximum Gasteiger partial charge on any atom is 0.416 e. The first-order chi connectivity index (χ1) is 20.2. The second kappa shape index (κ2) is 13.5. The molecular weight excluding hydrogens is 621 g/mol. The van der Waals surface area contributed by atoms with Crippen LogP contribution >= 0.6 is 11.6 Å². The number of nitrogens with zero attached hydrogens (tertiary/aromatic N) is 1. The Labute approximate surface area is 261 Å². The number of anilines is 1. The predicted molar refractivity (Wildman–Crippen MR) is 163 cm³/mol. The lowest BCUT2D eigenvalue weighted by molar-refractivity contribution is -0.138. The van der Waals surface area contributed by atoms with Crippen molar-refractivity contribution >= 4 is 39.1 Å². The van der Waals surface area contributed by atoms with Crippen LogP contribution in [0.25, 0.3) is 0 Å². The van der Waals surface area contributed by atoms with E-state index in [1.54, 1.807) is 45.6 Å². The molecule has 1 saturated heterocycles. The average Bonchev–Trinajstić information content (AvgIpc) is 2.90. The highest BCUT2D eigenvalue weighted by molar-refractivity contribution is 7.91. The average molecular weight is 661 g/mol. The van der Waals surface area contributed by atoms with Crippen molar-refractivity contribution in [1.29, 1.82) is 0 Å². The van der Waals surface area contributed by atoms with Gasteiger partial charge < -0.3 is 21.1 Å². The number of nitrogens with one attached hydrogen (secondary N) is 2. The number of alkyl halides is 3. The number of aryl methyl sites for hydroxylation is 2. The zero-order chi connectivity index (χ0) is 33.2. The maximum atomic E-state index is 14.3. The molecule has 0 aliphatic carbocycles. The van der Waals surface area contributed by atoms with Gasteiger partial charge in [-0.1, -0.05) is 24.6 Å². The lowest BCUT2D eigenvalue weighted by Gasteiger charge is -2.34. The number of rotatable bonds is 8. The molecule has 0 bridgehead atoms. The summed E-state index contributed by atoms with van der Waals surface area (Å²) in [5, 5.41) is 4.88. The minimum atomic E-state index is -4.86. The molecule has 9 nitrogen and oxygen atoms in total. The van der Waals surface area contributed by atoms with E-state index in [1.165, 1.54) is 13.0 Å². The molecule has 1 fully saturated rings. The van der Waals surface area contributed by atoms with Gasteiger partial charge in [0.05, 0.1) is 32.5 Å². The minimum Gasteiger partial charge on any atom is -0.444 e. The zero-order valence-electron chi connectivity index (χ0n) is 25.7. The largest absolute Gasteiger partial charge is 0.444 e. The van der Waals surface area contributed by atoms with Crippen molar-refractivity contribution in [3.8, 4) is 0 Å². The second-order valence-corrected chi connectivity index (χ2v) is 14.7. The van der Waals surface area contributed by atoms with Gasteiger partial charge in [-0.05, 0) is 88.4 Å². The van der Waals surface area contributed by atoms with E-state index in [9.17, 15) is 31.2 Å². The van der Waals surface area contributed by atoms with Gasteiger partial charge in [-0.2, -0.15) is 13.2 Å². The van der Waals surface area contributed by atoms with Crippen LogP contribution in [0.3, 0.4) is 0 Å². The van der Waals surface area contributed by atoms with Gasteiger partial charge in [0.25, 0.3) is 5.91 Å². The Kier molecular flexibility index (Phi) is 10.9. The number of amides is 2. The predicted octanol–water partition coefficient (Wildman–Crippen LogP) is 5.77. The molecule has 2 aromatic carbocycles. The molecule has 4 N–H and O–H groups in total. The number of nitrogens with two attached hydrogens (primary N) is 1. The highest BCUT2D eigenvalue weighted by atomic mass is 35.5. The summed E-state index contributed by atoms with van der Waals surface area (Å²) in [6.45, 7) is 10.5. The molecule has 1 atom stereocenters. The van der Waals surface area contributed by atoms with Crippen LogP contribution in [0.1, 0.15) is 78.7 Å². The number of halogens is 4. The summed E-state index contributed by atoms with van der Waals surface area (Å²) in [6, 6.07) is 3.48. The van der Waals surface area contributed by atoms with Crippen molar-refractivity contribution in [2.75, 3.05) is 24.6 Å². The third-order valence-corrected chi connectivity index (χ3v) is 9.64. The van der Waals surface area contributed by atoms with Crippen molar-refractivity contribution < 1.29 is 35.9 Å². The Morgan fingerprint density at radius 3 is 2.36 bits per heavy atom. The van der Waals surface area contributed by atoms with Crippen molar-refractivity contribution in [2.24, 2.45) is 0 Å². The van der Waals surface area contributed by atoms with Crippen LogP contribution in [0.4, 0.5) is 23.7 Å². The Morgan fingerprint density at radius 1 is 1.14 bits per heavy atom. The molecule has 14 heteroatoms. The summed E-state index contributed by atoms with van der Waals surface area (Å²) >= 11 is 6.42. The summed E-state index contributed by atoms with van der Waals surface area (Å²) in [7, 11) is -3.64. The molecule has 244 valence electrons. The van der Waals surface area contributed by atoms with E-state index < -0.39 is 49.8 Å². The number of sulfone groups is 1. The first-order valence-electron chi connectivity index (χ1n) is 14.2. The van der Waals surface area contributed by atoms with E-state index in [0.717, 1.165) is 11.1 Å². The highest BCUT2D eigenvalue weighted by Gasteiger charge is 2.38. The van der Waals surface area contributed by atoms with Crippen LogP contribution in [0.15, 0.2) is 23.1 Å². The van der Waals surface area contributed by atoms with E-state index in [0.29, 0.717) is 31.0 Å². The van der Waals surface area contributed by atoms with Gasteiger partial charge in [0, 0.05) is 25.7 Å². The van der Waals surface area contributed by atoms with Crippen LogP contribution < -0.4 is 16.4 Å². The monoisotopic (exact) mass is 660 g/mol. The smallest absolute Gasteiger partial charge is 0.416 e. The highest BCUT2D eigenvalue weighted by Crippen LogP contribution is 2.40. The number of piperidine rings is 1. The van der Waals surface area contributed by atoms with Crippen LogP contribution in [0.2, 0.25) is 5.02 Å². The van der Waals surface area contributed by atoms with Crippen LogP contribution in [-0.4, -0.2) is 55.8 Å². The van der Waals surface area contributed by atoms with E-state index in [-0.39, 0.29) is 47.6 Å². The fourth-order valence-corrected chi connectivity index (χ4v) is 6.48. The van der Waals surface area contributed by atoms with Crippen LogP contribution in [0, 0.1) is 13.8 Å². The summed E-state index contributed by atoms with van der Waals surface area (Å²) < 4.78 is 73.6. The number of alkyl carbamates (subject to hydrolysis) is 1. The Balaban J connectivity index is 1.87. The zero-order valence-corrected chi connectivity index (χ0v) is 27.3. The number of hydrogen-bond donors (Lipinski definition) is 3. The molecule has 0 radical (unpaired) electrons. The van der Waals surface area contributed by atoms with Gasteiger partial charge in [-0.25, -0.2) is 13.2 Å². The van der Waals surface area contributed by atoms with Crippen LogP contribution in [0.5, 0.6) is 0 Å². The molecular formula is C30H40ClF3N4O5S. The molecule has 2 amide bonds. The van der Waals surface area contributed by atoms with Gasteiger partial charge >= 0.3 is 12.3 Å². The van der Waals surface area contributed by atoms with Gasteiger partial charge in [-0.3, -0.25) is 9.69 Å². The Hall–Kier alpha value is -3.03. The number of likely N-dealkylation sites (tertiary alicyclic amines) is 1. The minimum absolute atomic E-state index is 0.0433. The van der Waals surface area contributed by atoms with Crippen molar-refractivity contribution in [1.82, 2.24) is 15.5 Å². The standard InChI is InChI=1S/C30H40ClF3N4O5S/c1-7-44(41,42)24-12-18(3)17(2)11-19(24)14-36-27(39)21-13-23(30(32,33)34)22(25(31)26(21)35)16-38-10-8-9-20(15-38)37-28(40)43-29(4,5)6/h11-13,20H,7-10,14-16,35H2,1-6H3,(H,36,39)(H,37,40)/t20-/m1/s1. The van der Waals surface area contributed by atoms with Gasteiger partial charge in [0.15, 0.2) is 9.84 Å². The number of carbonyl (C=O) groups is 2. The second-order valence-electron chi connectivity index (χ2n) is 12.0. The van der Waals surface area contributed by atoms with Gasteiger partial charge in [-0.15, -0.1) is 0 Å². The lowest BCUT2D eigenvalue weighted by atomic mass is 9.98. The number of ether oxygens (including phenoxy) is 1. The third kappa shape index (κ3) is 8.79. The summed E-state index contributed by atoms with van der Waals surface area (Å²) in [4.78, 5) is 27.2. The molecule has 0 spiro atoms. The van der Waals surface area contributed by atoms with E-state index in [2.05, 4.69) is 10.6 Å². The summed E-state index contributed by atoms with van der Waals surface area (Å²) in [5.41, 5.74) is 5.09. The van der Waals surface area contributed by atoms with Gasteiger partial charge in [0.2, 0.25) is 0 Å².